The quantitative estimate of drug-likeness (QED) is 0.702. The van der Waals surface area contributed by atoms with Gasteiger partial charge in [0.1, 0.15) is 4.88 Å². The molecule has 1 heterocycles. The maximum atomic E-state index is 12.2. The summed E-state index contributed by atoms with van der Waals surface area (Å²) in [5.74, 6) is 0.0819. The van der Waals surface area contributed by atoms with Crippen LogP contribution >= 0.6 is 11.3 Å². The molecule has 0 aromatic carbocycles. The first-order valence-corrected chi connectivity index (χ1v) is 7.78. The summed E-state index contributed by atoms with van der Waals surface area (Å²) in [6, 6.07) is 0.0768. The molecule has 0 radical (unpaired) electrons. The minimum atomic E-state index is -0.0977. The molecule has 1 fully saturated rings. The van der Waals surface area contributed by atoms with Crippen molar-refractivity contribution in [3.63, 3.8) is 0 Å². The molecular weight excluding hydrogens is 274 g/mol. The Morgan fingerprint density at radius 3 is 3.10 bits per heavy atom. The number of nitrogens with one attached hydrogen (secondary N) is 2. The van der Waals surface area contributed by atoms with Gasteiger partial charge in [0.15, 0.2) is 5.13 Å². The van der Waals surface area contributed by atoms with Crippen LogP contribution in [0.2, 0.25) is 0 Å². The number of hydrogen-bond donors (Lipinski definition) is 3. The molecule has 1 aromatic rings. The third-order valence-corrected chi connectivity index (χ3v) is 4.54. The minimum Gasteiger partial charge on any atom is -0.396 e. The Bertz CT molecular complexity index is 461. The van der Waals surface area contributed by atoms with E-state index in [0.717, 1.165) is 30.8 Å². The summed E-state index contributed by atoms with van der Waals surface area (Å²) in [6.07, 6.45) is 7.49. The normalized spacial score (nSPS) is 22.2. The average Bonchev–Trinajstić information content (AvgIpc) is 2.94. The first kappa shape index (κ1) is 15.0. The van der Waals surface area contributed by atoms with E-state index in [4.69, 9.17) is 0 Å². The molecule has 1 aliphatic rings. The van der Waals surface area contributed by atoms with Crippen LogP contribution in [-0.2, 0) is 0 Å². The Balaban J connectivity index is 1.93. The molecule has 0 aliphatic heterocycles. The van der Waals surface area contributed by atoms with Crippen LogP contribution in [0.25, 0.3) is 0 Å². The fraction of sp³-hybridized carbons (Fsp3) is 0.571. The molecule has 2 unspecified atom stereocenters. The lowest BCUT2D eigenvalue weighted by Gasteiger charge is -2.30. The summed E-state index contributed by atoms with van der Waals surface area (Å²) in [5, 5.41) is 16.2. The molecule has 6 heteroatoms. The first-order chi connectivity index (χ1) is 9.74. The molecule has 1 amide bonds. The molecule has 3 N–H and O–H groups in total. The zero-order valence-electron chi connectivity index (χ0n) is 11.5. The molecule has 5 nitrogen and oxygen atoms in total. The molecule has 1 aromatic heterocycles. The number of amides is 1. The lowest BCUT2D eigenvalue weighted by atomic mass is 9.85. The van der Waals surface area contributed by atoms with E-state index in [1.54, 1.807) is 12.3 Å². The highest BCUT2D eigenvalue weighted by Crippen LogP contribution is 2.25. The van der Waals surface area contributed by atoms with E-state index < -0.39 is 0 Å². The zero-order chi connectivity index (χ0) is 14.4. The standard InChI is InChI=1S/C14H21N3O2S/c1-2-7-15-14-16-8-12(20-14)13(19)17-11-6-4-3-5-10(11)9-18/h2,8,10-11,18H,1,3-7,9H2,(H,15,16)(H,17,19). The van der Waals surface area contributed by atoms with Crippen molar-refractivity contribution in [2.75, 3.05) is 18.5 Å². The average molecular weight is 295 g/mol. The SMILES string of the molecule is C=CCNc1ncc(C(=O)NC2CCCCC2CO)s1. The zero-order valence-corrected chi connectivity index (χ0v) is 12.3. The second-order valence-corrected chi connectivity index (χ2v) is 6.04. The predicted octanol–water partition coefficient (Wildman–Crippen LogP) is 2.02. The number of thiazole rings is 1. The molecule has 0 saturated heterocycles. The Kier molecular flexibility index (Phi) is 5.55. The van der Waals surface area contributed by atoms with Gasteiger partial charge in [-0.1, -0.05) is 30.3 Å². The molecule has 1 aliphatic carbocycles. The summed E-state index contributed by atoms with van der Waals surface area (Å²) in [6.45, 7) is 4.39. The molecule has 0 spiro atoms. The van der Waals surface area contributed by atoms with Crippen LogP contribution in [0, 0.1) is 5.92 Å². The van der Waals surface area contributed by atoms with Gasteiger partial charge < -0.3 is 15.7 Å². The van der Waals surface area contributed by atoms with Gasteiger partial charge in [-0.15, -0.1) is 6.58 Å². The van der Waals surface area contributed by atoms with Gasteiger partial charge in [0.05, 0.1) is 6.20 Å². The highest BCUT2D eigenvalue weighted by Gasteiger charge is 2.26. The van der Waals surface area contributed by atoms with Gasteiger partial charge in [-0.05, 0) is 12.8 Å². The van der Waals surface area contributed by atoms with Crippen molar-refractivity contribution in [1.82, 2.24) is 10.3 Å². The van der Waals surface area contributed by atoms with Crippen molar-refractivity contribution in [2.45, 2.75) is 31.7 Å². The van der Waals surface area contributed by atoms with Gasteiger partial charge in [-0.2, -0.15) is 0 Å². The summed E-state index contributed by atoms with van der Waals surface area (Å²) in [5.41, 5.74) is 0. The van der Waals surface area contributed by atoms with Crippen LogP contribution in [0.3, 0.4) is 0 Å². The van der Waals surface area contributed by atoms with Crippen LogP contribution in [0.5, 0.6) is 0 Å². The Morgan fingerprint density at radius 2 is 2.35 bits per heavy atom. The third kappa shape index (κ3) is 3.80. The molecule has 2 rings (SSSR count). The van der Waals surface area contributed by atoms with E-state index in [2.05, 4.69) is 22.2 Å². The van der Waals surface area contributed by atoms with E-state index in [1.807, 2.05) is 0 Å². The lowest BCUT2D eigenvalue weighted by molar-refractivity contribution is 0.0876. The van der Waals surface area contributed by atoms with Crippen LogP contribution in [0.1, 0.15) is 35.4 Å². The second kappa shape index (κ2) is 7.40. The summed E-state index contributed by atoms with van der Waals surface area (Å²) >= 11 is 1.33. The topological polar surface area (TPSA) is 74.2 Å². The Morgan fingerprint density at radius 1 is 1.55 bits per heavy atom. The van der Waals surface area contributed by atoms with Crippen molar-refractivity contribution >= 4 is 22.4 Å². The third-order valence-electron chi connectivity index (χ3n) is 3.59. The number of hydrogen-bond acceptors (Lipinski definition) is 5. The number of aliphatic hydroxyl groups is 1. The minimum absolute atomic E-state index is 0.0768. The van der Waals surface area contributed by atoms with Crippen LogP contribution in [0.15, 0.2) is 18.9 Å². The summed E-state index contributed by atoms with van der Waals surface area (Å²) in [7, 11) is 0. The summed E-state index contributed by atoms with van der Waals surface area (Å²) in [4.78, 5) is 16.9. The lowest BCUT2D eigenvalue weighted by Crippen LogP contribution is -2.43. The molecule has 1 saturated carbocycles. The highest BCUT2D eigenvalue weighted by molar-refractivity contribution is 7.17. The fourth-order valence-corrected chi connectivity index (χ4v) is 3.20. The maximum Gasteiger partial charge on any atom is 0.263 e. The van der Waals surface area contributed by atoms with Crippen molar-refractivity contribution < 1.29 is 9.90 Å². The number of anilines is 1. The van der Waals surface area contributed by atoms with Gasteiger partial charge in [0.25, 0.3) is 5.91 Å². The van der Waals surface area contributed by atoms with Gasteiger partial charge in [0, 0.05) is 25.1 Å². The number of aliphatic hydroxyl groups excluding tert-OH is 1. The first-order valence-electron chi connectivity index (χ1n) is 6.97. The molecular formula is C14H21N3O2S. The fourth-order valence-electron chi connectivity index (χ4n) is 2.48. The Hall–Kier alpha value is -1.40. The molecule has 20 heavy (non-hydrogen) atoms. The van der Waals surface area contributed by atoms with Crippen molar-refractivity contribution in [3.8, 4) is 0 Å². The van der Waals surface area contributed by atoms with Crippen LogP contribution < -0.4 is 10.6 Å². The number of carbonyl (C=O) groups is 1. The van der Waals surface area contributed by atoms with E-state index in [0.29, 0.717) is 11.4 Å². The van der Waals surface area contributed by atoms with E-state index in [9.17, 15) is 9.90 Å². The highest BCUT2D eigenvalue weighted by atomic mass is 32.1. The van der Waals surface area contributed by atoms with E-state index in [-0.39, 0.29) is 24.5 Å². The van der Waals surface area contributed by atoms with Gasteiger partial charge >= 0.3 is 0 Å². The molecule has 2 atom stereocenters. The smallest absolute Gasteiger partial charge is 0.263 e. The second-order valence-electron chi connectivity index (χ2n) is 5.01. The van der Waals surface area contributed by atoms with Crippen molar-refractivity contribution in [1.29, 1.82) is 0 Å². The van der Waals surface area contributed by atoms with Crippen LogP contribution in [0.4, 0.5) is 5.13 Å². The number of nitrogens with zero attached hydrogens (tertiary/aromatic N) is 1. The monoisotopic (exact) mass is 295 g/mol. The summed E-state index contributed by atoms with van der Waals surface area (Å²) < 4.78 is 0. The van der Waals surface area contributed by atoms with Crippen molar-refractivity contribution in [2.24, 2.45) is 5.92 Å². The van der Waals surface area contributed by atoms with Gasteiger partial charge in [-0.3, -0.25) is 4.79 Å². The van der Waals surface area contributed by atoms with Gasteiger partial charge in [-0.25, -0.2) is 4.98 Å². The number of carbonyl (C=O) groups excluding carboxylic acids is 1. The predicted molar refractivity (Wildman–Crippen MR) is 81.1 cm³/mol. The Labute approximate surface area is 123 Å². The number of rotatable bonds is 6. The number of aromatic nitrogens is 1. The van der Waals surface area contributed by atoms with E-state index >= 15 is 0 Å². The van der Waals surface area contributed by atoms with Gasteiger partial charge in [0.2, 0.25) is 0 Å². The van der Waals surface area contributed by atoms with Crippen LogP contribution in [-0.4, -0.2) is 35.2 Å². The molecule has 110 valence electrons. The molecule has 0 bridgehead atoms. The van der Waals surface area contributed by atoms with E-state index in [1.165, 1.54) is 11.3 Å². The maximum absolute atomic E-state index is 12.2. The largest absolute Gasteiger partial charge is 0.396 e. The van der Waals surface area contributed by atoms with Crippen molar-refractivity contribution in [3.05, 3.63) is 23.7 Å².